The van der Waals surface area contributed by atoms with Crippen LogP contribution in [0, 0.1) is 0 Å². The maximum Gasteiger partial charge on any atom is 0.0521 e. The van der Waals surface area contributed by atoms with Crippen molar-refractivity contribution in [2.45, 2.75) is 50.3 Å². The van der Waals surface area contributed by atoms with Gasteiger partial charge in [-0.05, 0) is 25.8 Å². The fourth-order valence-electron chi connectivity index (χ4n) is 2.06. The highest BCUT2D eigenvalue weighted by Gasteiger charge is 2.24. The maximum atomic E-state index is 8.82. The number of aliphatic hydroxyl groups is 1. The van der Waals surface area contributed by atoms with Crippen molar-refractivity contribution in [2.24, 2.45) is 0 Å². The average molecular weight is 217 g/mol. The van der Waals surface area contributed by atoms with Crippen LogP contribution in [0.2, 0.25) is 0 Å². The molecular weight excluding hydrogens is 194 g/mol. The number of nitrogens with one attached hydrogen (secondary N) is 1. The molecule has 0 bridgehead atoms. The predicted octanol–water partition coefficient (Wildman–Crippen LogP) is 2.02. The lowest BCUT2D eigenvalue weighted by atomic mass is 9.95. The number of thioether (sulfide) groups is 1. The molecule has 0 saturated heterocycles. The van der Waals surface area contributed by atoms with E-state index in [-0.39, 0.29) is 0 Å². The average Bonchev–Trinajstić information content (AvgIpc) is 2.24. The lowest BCUT2D eigenvalue weighted by Gasteiger charge is -2.31. The summed E-state index contributed by atoms with van der Waals surface area (Å²) in [6, 6.07) is 0.695. The molecule has 2 nitrogen and oxygen atoms in total. The predicted molar refractivity (Wildman–Crippen MR) is 63.9 cm³/mol. The van der Waals surface area contributed by atoms with Gasteiger partial charge in [-0.1, -0.05) is 19.8 Å². The second kappa shape index (κ2) is 7.55. The molecule has 2 atom stereocenters. The Hall–Kier alpha value is 0.270. The highest BCUT2D eigenvalue weighted by Crippen LogP contribution is 2.28. The van der Waals surface area contributed by atoms with Gasteiger partial charge in [-0.25, -0.2) is 0 Å². The minimum absolute atomic E-state index is 0.321. The fraction of sp³-hybridized carbons (Fsp3) is 1.00. The highest BCUT2D eigenvalue weighted by molar-refractivity contribution is 7.99. The van der Waals surface area contributed by atoms with Crippen LogP contribution in [-0.4, -0.2) is 35.3 Å². The Labute approximate surface area is 91.9 Å². The molecule has 14 heavy (non-hydrogen) atoms. The molecule has 0 aromatic heterocycles. The summed E-state index contributed by atoms with van der Waals surface area (Å²) in [4.78, 5) is 0. The zero-order valence-electron chi connectivity index (χ0n) is 9.17. The first-order valence-corrected chi connectivity index (χ1v) is 6.89. The van der Waals surface area contributed by atoms with E-state index in [2.05, 4.69) is 12.2 Å². The molecule has 0 aliphatic heterocycles. The molecule has 0 amide bonds. The van der Waals surface area contributed by atoms with E-state index in [4.69, 9.17) is 5.11 Å². The molecule has 0 aromatic rings. The minimum atomic E-state index is 0.321. The van der Waals surface area contributed by atoms with Crippen LogP contribution in [0.1, 0.15) is 39.0 Å². The summed E-state index contributed by atoms with van der Waals surface area (Å²) in [5.74, 6) is 0.898. The van der Waals surface area contributed by atoms with Crippen molar-refractivity contribution in [1.82, 2.24) is 5.32 Å². The van der Waals surface area contributed by atoms with Gasteiger partial charge in [-0.3, -0.25) is 0 Å². The molecule has 0 aromatic carbocycles. The fourth-order valence-corrected chi connectivity index (χ4v) is 3.27. The Kier molecular flexibility index (Phi) is 6.65. The minimum Gasteiger partial charge on any atom is -0.396 e. The highest BCUT2D eigenvalue weighted by atomic mass is 32.2. The Bertz CT molecular complexity index is 127. The second-order valence-electron chi connectivity index (χ2n) is 3.98. The molecule has 1 aliphatic carbocycles. The normalized spacial score (nSPS) is 27.9. The number of aliphatic hydroxyl groups excluding tert-OH is 1. The van der Waals surface area contributed by atoms with Gasteiger partial charge in [0.25, 0.3) is 0 Å². The van der Waals surface area contributed by atoms with Crippen LogP contribution in [0.5, 0.6) is 0 Å². The van der Waals surface area contributed by atoms with Gasteiger partial charge in [0.05, 0.1) is 6.61 Å². The Balaban J connectivity index is 2.26. The zero-order valence-corrected chi connectivity index (χ0v) is 9.98. The molecule has 84 valence electrons. The quantitative estimate of drug-likeness (QED) is 0.714. The first kappa shape index (κ1) is 12.3. The summed E-state index contributed by atoms with van der Waals surface area (Å²) < 4.78 is 0. The van der Waals surface area contributed by atoms with Gasteiger partial charge in [0, 0.05) is 17.0 Å². The van der Waals surface area contributed by atoms with E-state index in [0.717, 1.165) is 17.5 Å². The van der Waals surface area contributed by atoms with Gasteiger partial charge >= 0.3 is 0 Å². The van der Waals surface area contributed by atoms with Crippen LogP contribution in [-0.2, 0) is 0 Å². The van der Waals surface area contributed by atoms with E-state index < -0.39 is 0 Å². The van der Waals surface area contributed by atoms with E-state index in [1.807, 2.05) is 11.8 Å². The summed E-state index contributed by atoms with van der Waals surface area (Å²) >= 11 is 1.94. The van der Waals surface area contributed by atoms with Crippen molar-refractivity contribution < 1.29 is 5.11 Å². The van der Waals surface area contributed by atoms with Gasteiger partial charge in [0.2, 0.25) is 0 Å². The summed E-state index contributed by atoms with van der Waals surface area (Å²) in [5.41, 5.74) is 0. The van der Waals surface area contributed by atoms with Gasteiger partial charge in [0.15, 0.2) is 0 Å². The summed E-state index contributed by atoms with van der Waals surface area (Å²) in [7, 11) is 0. The van der Waals surface area contributed by atoms with Gasteiger partial charge in [0.1, 0.15) is 0 Å². The van der Waals surface area contributed by atoms with Crippen LogP contribution < -0.4 is 5.32 Å². The molecule has 0 heterocycles. The van der Waals surface area contributed by atoms with Gasteiger partial charge < -0.3 is 10.4 Å². The van der Waals surface area contributed by atoms with Crippen molar-refractivity contribution in [1.29, 1.82) is 0 Å². The topological polar surface area (TPSA) is 32.3 Å². The van der Waals surface area contributed by atoms with E-state index in [1.54, 1.807) is 0 Å². The molecule has 1 saturated carbocycles. The van der Waals surface area contributed by atoms with Crippen LogP contribution in [0.15, 0.2) is 0 Å². The standard InChI is InChI=1S/C11H23NOS/c1-2-7-12-10-5-3-4-6-11(10)14-9-8-13/h10-13H,2-9H2,1H3. The third kappa shape index (κ3) is 4.20. The smallest absolute Gasteiger partial charge is 0.0521 e. The summed E-state index contributed by atoms with van der Waals surface area (Å²) in [5, 5.41) is 13.2. The lowest BCUT2D eigenvalue weighted by molar-refractivity contribution is 0.321. The van der Waals surface area contributed by atoms with E-state index in [9.17, 15) is 0 Å². The van der Waals surface area contributed by atoms with Crippen molar-refractivity contribution in [3.8, 4) is 0 Å². The SMILES string of the molecule is CCCNC1CCCCC1SCCO. The van der Waals surface area contributed by atoms with E-state index in [1.165, 1.54) is 32.1 Å². The lowest BCUT2D eigenvalue weighted by Crippen LogP contribution is -2.41. The van der Waals surface area contributed by atoms with Crippen LogP contribution in [0.4, 0.5) is 0 Å². The Morgan fingerprint density at radius 3 is 2.86 bits per heavy atom. The maximum absolute atomic E-state index is 8.82. The number of hydrogen-bond acceptors (Lipinski definition) is 3. The first-order valence-electron chi connectivity index (χ1n) is 5.84. The number of hydrogen-bond donors (Lipinski definition) is 2. The Morgan fingerprint density at radius 2 is 2.14 bits per heavy atom. The molecular formula is C11H23NOS. The second-order valence-corrected chi connectivity index (χ2v) is 5.33. The van der Waals surface area contributed by atoms with Crippen molar-refractivity contribution in [3.63, 3.8) is 0 Å². The molecule has 0 spiro atoms. The first-order chi connectivity index (χ1) is 6.88. The van der Waals surface area contributed by atoms with E-state index in [0.29, 0.717) is 12.6 Å². The monoisotopic (exact) mass is 217 g/mol. The van der Waals surface area contributed by atoms with Crippen molar-refractivity contribution in [3.05, 3.63) is 0 Å². The molecule has 1 rings (SSSR count). The molecule has 1 fully saturated rings. The largest absolute Gasteiger partial charge is 0.396 e. The Morgan fingerprint density at radius 1 is 1.36 bits per heavy atom. The van der Waals surface area contributed by atoms with Gasteiger partial charge in [-0.2, -0.15) is 11.8 Å². The van der Waals surface area contributed by atoms with Crippen LogP contribution in [0.25, 0.3) is 0 Å². The molecule has 0 radical (unpaired) electrons. The zero-order chi connectivity index (χ0) is 10.2. The van der Waals surface area contributed by atoms with Gasteiger partial charge in [-0.15, -0.1) is 0 Å². The molecule has 2 unspecified atom stereocenters. The van der Waals surface area contributed by atoms with Crippen LogP contribution >= 0.6 is 11.8 Å². The molecule has 2 N–H and O–H groups in total. The molecule has 3 heteroatoms. The third-order valence-corrected chi connectivity index (χ3v) is 4.19. The summed E-state index contributed by atoms with van der Waals surface area (Å²) in [6.07, 6.45) is 6.61. The third-order valence-electron chi connectivity index (χ3n) is 2.78. The summed E-state index contributed by atoms with van der Waals surface area (Å²) in [6.45, 7) is 3.67. The van der Waals surface area contributed by atoms with Crippen molar-refractivity contribution >= 4 is 11.8 Å². The molecule has 1 aliphatic rings. The number of rotatable bonds is 6. The van der Waals surface area contributed by atoms with Crippen LogP contribution in [0.3, 0.4) is 0 Å². The van der Waals surface area contributed by atoms with Crippen molar-refractivity contribution in [2.75, 3.05) is 18.9 Å². The van der Waals surface area contributed by atoms with E-state index >= 15 is 0 Å².